The molecule has 1 unspecified atom stereocenters. The van der Waals surface area contributed by atoms with Crippen molar-refractivity contribution >= 4 is 16.7 Å². The van der Waals surface area contributed by atoms with Crippen molar-refractivity contribution in [3.05, 3.63) is 30.4 Å². The van der Waals surface area contributed by atoms with Gasteiger partial charge in [-0.25, -0.2) is 4.98 Å². The van der Waals surface area contributed by atoms with E-state index in [1.807, 2.05) is 24.0 Å². The summed E-state index contributed by atoms with van der Waals surface area (Å²) in [6.07, 6.45) is 5.85. The number of aromatic nitrogens is 6. The summed E-state index contributed by atoms with van der Waals surface area (Å²) in [5.41, 5.74) is 2.19. The van der Waals surface area contributed by atoms with Crippen LogP contribution in [0, 0.1) is 5.41 Å². The molecule has 2 N–H and O–H groups in total. The van der Waals surface area contributed by atoms with Crippen molar-refractivity contribution < 1.29 is 0 Å². The summed E-state index contributed by atoms with van der Waals surface area (Å²) >= 11 is 0. The van der Waals surface area contributed by atoms with E-state index in [1.54, 1.807) is 0 Å². The lowest BCUT2D eigenvalue weighted by atomic mass is 9.88. The summed E-state index contributed by atoms with van der Waals surface area (Å²) < 4.78 is 2.01. The van der Waals surface area contributed by atoms with Gasteiger partial charge in [0, 0.05) is 18.6 Å². The molecule has 0 bridgehead atoms. The molecule has 0 spiro atoms. The third kappa shape index (κ3) is 3.67. The molecule has 0 aromatic carbocycles. The SMILES string of the molecule is Cn1ccc2cc(NC(CCC(C)(C)C)c3nn[nH]n3)cnc21. The molecule has 7 heteroatoms. The third-order valence-electron chi connectivity index (χ3n) is 3.90. The molecular formula is C16H23N7. The maximum Gasteiger partial charge on any atom is 0.196 e. The molecule has 3 heterocycles. The van der Waals surface area contributed by atoms with Crippen LogP contribution in [-0.2, 0) is 7.05 Å². The van der Waals surface area contributed by atoms with Crippen LogP contribution >= 0.6 is 0 Å². The zero-order chi connectivity index (χ0) is 16.4. The van der Waals surface area contributed by atoms with Crippen LogP contribution in [0.3, 0.4) is 0 Å². The van der Waals surface area contributed by atoms with E-state index >= 15 is 0 Å². The Morgan fingerprint density at radius 2 is 2.17 bits per heavy atom. The molecule has 0 aliphatic rings. The fraction of sp³-hybridized carbons (Fsp3) is 0.500. The van der Waals surface area contributed by atoms with Gasteiger partial charge in [-0.2, -0.15) is 5.21 Å². The Morgan fingerprint density at radius 3 is 2.87 bits per heavy atom. The van der Waals surface area contributed by atoms with Crippen LogP contribution in [0.25, 0.3) is 11.0 Å². The van der Waals surface area contributed by atoms with Crippen molar-refractivity contribution in [1.29, 1.82) is 0 Å². The average Bonchev–Trinajstić information content (AvgIpc) is 3.13. The van der Waals surface area contributed by atoms with Gasteiger partial charge in [0.2, 0.25) is 0 Å². The van der Waals surface area contributed by atoms with Crippen molar-refractivity contribution in [3.63, 3.8) is 0 Å². The molecule has 3 aromatic rings. The number of aromatic amines is 1. The lowest BCUT2D eigenvalue weighted by Gasteiger charge is -2.22. The van der Waals surface area contributed by atoms with Crippen LogP contribution in [0.5, 0.6) is 0 Å². The molecule has 23 heavy (non-hydrogen) atoms. The molecule has 0 aliphatic carbocycles. The van der Waals surface area contributed by atoms with E-state index < -0.39 is 0 Å². The highest BCUT2D eigenvalue weighted by atomic mass is 15.5. The Balaban J connectivity index is 1.81. The minimum absolute atomic E-state index is 0.0101. The molecule has 0 saturated heterocycles. The highest BCUT2D eigenvalue weighted by Gasteiger charge is 2.20. The van der Waals surface area contributed by atoms with Crippen LogP contribution in [0.1, 0.15) is 45.5 Å². The number of aryl methyl sites for hydroxylation is 1. The number of tetrazole rings is 1. The minimum Gasteiger partial charge on any atom is -0.374 e. The highest BCUT2D eigenvalue weighted by molar-refractivity contribution is 5.79. The van der Waals surface area contributed by atoms with Gasteiger partial charge in [-0.1, -0.05) is 26.0 Å². The van der Waals surface area contributed by atoms with Crippen LogP contribution in [0.15, 0.2) is 24.5 Å². The fourth-order valence-electron chi connectivity index (χ4n) is 2.60. The predicted octanol–water partition coefficient (Wildman–Crippen LogP) is 3.07. The first kappa shape index (κ1) is 15.5. The van der Waals surface area contributed by atoms with Crippen molar-refractivity contribution in [2.75, 3.05) is 5.32 Å². The van der Waals surface area contributed by atoms with Gasteiger partial charge in [0.05, 0.1) is 17.9 Å². The van der Waals surface area contributed by atoms with E-state index in [0.717, 1.165) is 29.6 Å². The van der Waals surface area contributed by atoms with Gasteiger partial charge in [0.15, 0.2) is 5.82 Å². The molecule has 3 aromatic heterocycles. The quantitative estimate of drug-likeness (QED) is 0.756. The standard InChI is InChI=1S/C16H23N7/c1-16(2,3)7-5-13(14-19-21-22-20-14)18-12-9-11-6-8-23(4)15(11)17-10-12/h6,8-10,13,18H,5,7H2,1-4H3,(H,19,20,21,22). The molecule has 7 nitrogen and oxygen atoms in total. The topological polar surface area (TPSA) is 84.3 Å². The molecule has 0 aliphatic heterocycles. The van der Waals surface area contributed by atoms with E-state index in [9.17, 15) is 0 Å². The number of pyridine rings is 1. The fourth-order valence-corrected chi connectivity index (χ4v) is 2.60. The zero-order valence-corrected chi connectivity index (χ0v) is 14.0. The number of nitrogens with zero attached hydrogens (tertiary/aromatic N) is 5. The second kappa shape index (κ2) is 5.98. The summed E-state index contributed by atoms with van der Waals surface area (Å²) in [5, 5.41) is 19.1. The highest BCUT2D eigenvalue weighted by Crippen LogP contribution is 2.29. The van der Waals surface area contributed by atoms with E-state index in [1.165, 1.54) is 0 Å². The monoisotopic (exact) mass is 313 g/mol. The summed E-state index contributed by atoms with van der Waals surface area (Å²) in [4.78, 5) is 4.52. The van der Waals surface area contributed by atoms with Crippen LogP contribution in [0.2, 0.25) is 0 Å². The number of nitrogens with one attached hydrogen (secondary N) is 2. The third-order valence-corrected chi connectivity index (χ3v) is 3.90. The van der Waals surface area contributed by atoms with Crippen molar-refractivity contribution in [3.8, 4) is 0 Å². The first-order chi connectivity index (χ1) is 10.9. The van der Waals surface area contributed by atoms with Gasteiger partial charge in [0.1, 0.15) is 5.65 Å². The molecule has 0 radical (unpaired) electrons. The summed E-state index contributed by atoms with van der Waals surface area (Å²) in [6.45, 7) is 6.70. The van der Waals surface area contributed by atoms with Crippen molar-refractivity contribution in [2.24, 2.45) is 12.5 Å². The molecule has 3 rings (SSSR count). The lowest BCUT2D eigenvalue weighted by Crippen LogP contribution is -2.16. The largest absolute Gasteiger partial charge is 0.374 e. The maximum atomic E-state index is 4.52. The summed E-state index contributed by atoms with van der Waals surface area (Å²) in [6, 6.07) is 4.18. The van der Waals surface area contributed by atoms with Crippen LogP contribution in [-0.4, -0.2) is 30.2 Å². The Morgan fingerprint density at radius 1 is 1.35 bits per heavy atom. The second-order valence-corrected chi connectivity index (χ2v) is 7.13. The number of anilines is 1. The first-order valence-corrected chi connectivity index (χ1v) is 7.83. The van der Waals surface area contributed by atoms with Gasteiger partial charge in [-0.15, -0.1) is 10.2 Å². The zero-order valence-electron chi connectivity index (χ0n) is 14.0. The molecule has 0 fully saturated rings. The normalized spacial score (nSPS) is 13.4. The second-order valence-electron chi connectivity index (χ2n) is 7.13. The number of hydrogen-bond donors (Lipinski definition) is 2. The smallest absolute Gasteiger partial charge is 0.196 e. The van der Waals surface area contributed by atoms with E-state index in [2.05, 4.69) is 63.8 Å². The Hall–Kier alpha value is -2.44. The molecular weight excluding hydrogens is 290 g/mol. The Kier molecular flexibility index (Phi) is 4.02. The summed E-state index contributed by atoms with van der Waals surface area (Å²) in [7, 11) is 1.99. The summed E-state index contributed by atoms with van der Waals surface area (Å²) in [5.74, 6) is 0.683. The number of hydrogen-bond acceptors (Lipinski definition) is 5. The lowest BCUT2D eigenvalue weighted by molar-refractivity contribution is 0.352. The van der Waals surface area contributed by atoms with Gasteiger partial charge >= 0.3 is 0 Å². The molecule has 0 saturated carbocycles. The first-order valence-electron chi connectivity index (χ1n) is 7.83. The van der Waals surface area contributed by atoms with E-state index in [-0.39, 0.29) is 11.5 Å². The molecule has 1 atom stereocenters. The average molecular weight is 313 g/mol. The van der Waals surface area contributed by atoms with Gasteiger partial charge < -0.3 is 9.88 Å². The number of H-pyrrole nitrogens is 1. The molecule has 0 amide bonds. The van der Waals surface area contributed by atoms with E-state index in [0.29, 0.717) is 5.82 Å². The van der Waals surface area contributed by atoms with Crippen LogP contribution < -0.4 is 5.32 Å². The van der Waals surface area contributed by atoms with Crippen LogP contribution in [0.4, 0.5) is 5.69 Å². The minimum atomic E-state index is 0.0101. The predicted molar refractivity (Wildman–Crippen MR) is 89.9 cm³/mol. The van der Waals surface area contributed by atoms with Gasteiger partial charge in [-0.05, 0) is 30.4 Å². The van der Waals surface area contributed by atoms with Gasteiger partial charge in [-0.3, -0.25) is 0 Å². The van der Waals surface area contributed by atoms with Crippen molar-refractivity contribution in [1.82, 2.24) is 30.2 Å². The van der Waals surface area contributed by atoms with Crippen molar-refractivity contribution in [2.45, 2.75) is 39.7 Å². The Labute approximate surface area is 135 Å². The van der Waals surface area contributed by atoms with E-state index in [4.69, 9.17) is 0 Å². The Bertz CT molecular complexity index is 767. The number of rotatable bonds is 5. The number of fused-ring (bicyclic) bond motifs is 1. The maximum absolute atomic E-state index is 4.52. The molecule has 122 valence electrons. The van der Waals surface area contributed by atoms with Gasteiger partial charge in [0.25, 0.3) is 0 Å².